The van der Waals surface area contributed by atoms with Gasteiger partial charge in [0.1, 0.15) is 0 Å². The topological polar surface area (TPSA) is 32.3 Å². The van der Waals surface area contributed by atoms with E-state index in [4.69, 9.17) is 0 Å². The van der Waals surface area contributed by atoms with E-state index in [-0.39, 0.29) is 5.91 Å². The minimum absolute atomic E-state index is 0.241. The molecule has 0 unspecified atom stereocenters. The number of para-hydroxylation sites is 1. The highest BCUT2D eigenvalue weighted by Crippen LogP contribution is 2.26. The molecule has 1 heterocycles. The predicted octanol–water partition coefficient (Wildman–Crippen LogP) is 2.36. The molecular weight excluding hydrogens is 224 g/mol. The monoisotopic (exact) mass is 246 g/mol. The van der Waals surface area contributed by atoms with Crippen LogP contribution in [0.2, 0.25) is 0 Å². The number of hydrogen-bond acceptors (Lipinski definition) is 2. The van der Waals surface area contributed by atoms with E-state index in [0.717, 1.165) is 38.2 Å². The van der Waals surface area contributed by atoms with E-state index in [0.29, 0.717) is 6.42 Å². The van der Waals surface area contributed by atoms with Gasteiger partial charge in [0.05, 0.1) is 0 Å². The van der Waals surface area contributed by atoms with Crippen LogP contribution >= 0.6 is 0 Å². The van der Waals surface area contributed by atoms with Crippen LogP contribution in [-0.4, -0.2) is 25.5 Å². The van der Waals surface area contributed by atoms with Crippen LogP contribution < -0.4 is 10.2 Å². The van der Waals surface area contributed by atoms with Gasteiger partial charge in [-0.3, -0.25) is 4.79 Å². The van der Waals surface area contributed by atoms with E-state index in [1.807, 2.05) is 11.0 Å². The molecule has 3 nitrogen and oxygen atoms in total. The number of benzene rings is 1. The molecule has 0 aromatic heterocycles. The standard InChI is InChI=1S/C15H22N2O/c1-2-16-11-10-15(18)17-12-6-5-8-13-7-3-4-9-14(13)17/h3-4,7,9,16H,2,5-6,8,10-12H2,1H3. The molecule has 0 aliphatic carbocycles. The molecule has 0 fully saturated rings. The van der Waals surface area contributed by atoms with E-state index >= 15 is 0 Å². The number of anilines is 1. The fourth-order valence-electron chi connectivity index (χ4n) is 2.46. The lowest BCUT2D eigenvalue weighted by molar-refractivity contribution is -0.118. The second kappa shape index (κ2) is 6.55. The first-order valence-corrected chi connectivity index (χ1v) is 6.92. The van der Waals surface area contributed by atoms with Crippen LogP contribution in [0.3, 0.4) is 0 Å². The van der Waals surface area contributed by atoms with Crippen LogP contribution in [0.4, 0.5) is 5.69 Å². The van der Waals surface area contributed by atoms with Gasteiger partial charge in [-0.2, -0.15) is 0 Å². The second-order valence-electron chi connectivity index (χ2n) is 4.73. The van der Waals surface area contributed by atoms with Gasteiger partial charge < -0.3 is 10.2 Å². The van der Waals surface area contributed by atoms with Crippen LogP contribution in [0, 0.1) is 0 Å². The molecule has 1 N–H and O–H groups in total. The van der Waals surface area contributed by atoms with E-state index in [1.54, 1.807) is 0 Å². The summed E-state index contributed by atoms with van der Waals surface area (Å²) in [5.74, 6) is 0.241. The largest absolute Gasteiger partial charge is 0.316 e. The smallest absolute Gasteiger partial charge is 0.228 e. The van der Waals surface area contributed by atoms with Crippen molar-refractivity contribution in [3.63, 3.8) is 0 Å². The van der Waals surface area contributed by atoms with Crippen molar-refractivity contribution < 1.29 is 4.79 Å². The molecule has 1 aromatic rings. The van der Waals surface area contributed by atoms with Crippen molar-refractivity contribution in [3.05, 3.63) is 29.8 Å². The van der Waals surface area contributed by atoms with E-state index in [2.05, 4.69) is 30.4 Å². The summed E-state index contributed by atoms with van der Waals surface area (Å²) in [6.45, 7) is 4.62. The fourth-order valence-corrected chi connectivity index (χ4v) is 2.46. The third-order valence-electron chi connectivity index (χ3n) is 3.43. The average Bonchev–Trinajstić information content (AvgIpc) is 2.61. The van der Waals surface area contributed by atoms with Crippen molar-refractivity contribution in [2.75, 3.05) is 24.5 Å². The van der Waals surface area contributed by atoms with Crippen molar-refractivity contribution in [2.24, 2.45) is 0 Å². The molecule has 1 aromatic carbocycles. The number of aryl methyl sites for hydroxylation is 1. The summed E-state index contributed by atoms with van der Waals surface area (Å²) in [5.41, 5.74) is 2.43. The first-order valence-electron chi connectivity index (χ1n) is 6.92. The normalized spacial score (nSPS) is 15.1. The molecule has 0 saturated carbocycles. The van der Waals surface area contributed by atoms with Gasteiger partial charge in [0.2, 0.25) is 5.91 Å². The molecule has 18 heavy (non-hydrogen) atoms. The van der Waals surface area contributed by atoms with E-state index < -0.39 is 0 Å². The summed E-state index contributed by atoms with van der Waals surface area (Å²) >= 11 is 0. The molecule has 3 heteroatoms. The molecule has 1 amide bonds. The summed E-state index contributed by atoms with van der Waals surface area (Å²) in [7, 11) is 0. The van der Waals surface area contributed by atoms with Crippen molar-refractivity contribution in [2.45, 2.75) is 32.6 Å². The van der Waals surface area contributed by atoms with Gasteiger partial charge in [-0.15, -0.1) is 0 Å². The van der Waals surface area contributed by atoms with E-state index in [9.17, 15) is 4.79 Å². The van der Waals surface area contributed by atoms with Crippen LogP contribution in [0.25, 0.3) is 0 Å². The number of nitrogens with zero attached hydrogens (tertiary/aromatic N) is 1. The minimum atomic E-state index is 0.241. The number of rotatable bonds is 4. The summed E-state index contributed by atoms with van der Waals surface area (Å²) in [5, 5.41) is 3.21. The predicted molar refractivity (Wildman–Crippen MR) is 74.9 cm³/mol. The van der Waals surface area contributed by atoms with Gasteiger partial charge in [-0.25, -0.2) is 0 Å². The lowest BCUT2D eigenvalue weighted by atomic mass is 10.1. The maximum atomic E-state index is 12.3. The Kier molecular flexibility index (Phi) is 4.76. The molecule has 0 spiro atoms. The molecule has 2 rings (SSSR count). The Morgan fingerprint density at radius 1 is 1.33 bits per heavy atom. The average molecular weight is 246 g/mol. The third-order valence-corrected chi connectivity index (χ3v) is 3.43. The maximum absolute atomic E-state index is 12.3. The van der Waals surface area contributed by atoms with Crippen LogP contribution in [0.1, 0.15) is 31.7 Å². The quantitative estimate of drug-likeness (QED) is 0.827. The third kappa shape index (κ3) is 3.10. The summed E-state index contributed by atoms with van der Waals surface area (Å²) in [6.07, 6.45) is 3.95. The van der Waals surface area contributed by atoms with Gasteiger partial charge in [0.25, 0.3) is 0 Å². The Hall–Kier alpha value is -1.35. The Bertz CT molecular complexity index is 403. The fraction of sp³-hybridized carbons (Fsp3) is 0.533. The molecule has 1 aliphatic rings. The van der Waals surface area contributed by atoms with Gasteiger partial charge in [0.15, 0.2) is 0 Å². The zero-order valence-electron chi connectivity index (χ0n) is 11.1. The maximum Gasteiger partial charge on any atom is 0.228 e. The zero-order chi connectivity index (χ0) is 12.8. The molecule has 0 atom stereocenters. The Labute approximate surface area is 109 Å². The molecular formula is C15H22N2O. The first-order chi connectivity index (χ1) is 8.83. The molecule has 0 radical (unpaired) electrons. The van der Waals surface area contributed by atoms with E-state index in [1.165, 1.54) is 12.0 Å². The zero-order valence-corrected chi connectivity index (χ0v) is 11.1. The highest BCUT2D eigenvalue weighted by Gasteiger charge is 2.19. The van der Waals surface area contributed by atoms with Crippen molar-refractivity contribution in [3.8, 4) is 0 Å². The Morgan fingerprint density at radius 2 is 2.17 bits per heavy atom. The van der Waals surface area contributed by atoms with Crippen LogP contribution in [0.5, 0.6) is 0 Å². The number of amides is 1. The van der Waals surface area contributed by atoms with Crippen molar-refractivity contribution >= 4 is 11.6 Å². The van der Waals surface area contributed by atoms with Crippen LogP contribution in [0.15, 0.2) is 24.3 Å². The van der Waals surface area contributed by atoms with Crippen molar-refractivity contribution in [1.29, 1.82) is 0 Å². The molecule has 0 bridgehead atoms. The summed E-state index contributed by atoms with van der Waals surface area (Å²) in [4.78, 5) is 14.2. The minimum Gasteiger partial charge on any atom is -0.316 e. The Morgan fingerprint density at radius 3 is 3.00 bits per heavy atom. The SMILES string of the molecule is CCNCCC(=O)N1CCCCc2ccccc21. The number of fused-ring (bicyclic) bond motifs is 1. The summed E-state index contributed by atoms with van der Waals surface area (Å²) < 4.78 is 0. The number of carbonyl (C=O) groups is 1. The number of nitrogens with one attached hydrogen (secondary N) is 1. The van der Waals surface area contributed by atoms with Crippen molar-refractivity contribution in [1.82, 2.24) is 5.32 Å². The van der Waals surface area contributed by atoms with Gasteiger partial charge in [0, 0.05) is 25.2 Å². The lowest BCUT2D eigenvalue weighted by Crippen LogP contribution is -2.33. The summed E-state index contributed by atoms with van der Waals surface area (Å²) in [6, 6.07) is 8.30. The van der Waals surface area contributed by atoms with Gasteiger partial charge in [-0.05, 0) is 37.4 Å². The Balaban J connectivity index is 2.09. The van der Waals surface area contributed by atoms with Crippen LogP contribution in [-0.2, 0) is 11.2 Å². The number of carbonyl (C=O) groups excluding carboxylic acids is 1. The number of hydrogen-bond donors (Lipinski definition) is 1. The highest BCUT2D eigenvalue weighted by molar-refractivity contribution is 5.94. The first kappa shape index (κ1) is 13.1. The second-order valence-corrected chi connectivity index (χ2v) is 4.73. The molecule has 98 valence electrons. The lowest BCUT2D eigenvalue weighted by Gasteiger charge is -2.23. The van der Waals surface area contributed by atoms with Gasteiger partial charge in [-0.1, -0.05) is 25.1 Å². The molecule has 1 aliphatic heterocycles. The highest BCUT2D eigenvalue weighted by atomic mass is 16.2. The van der Waals surface area contributed by atoms with Gasteiger partial charge >= 0.3 is 0 Å². The molecule has 0 saturated heterocycles.